The molecule has 0 bridgehead atoms. The Morgan fingerprint density at radius 3 is 2.61 bits per heavy atom. The Bertz CT molecular complexity index is 1160. The van der Waals surface area contributed by atoms with Crippen molar-refractivity contribution < 1.29 is 27.1 Å². The monoisotopic (exact) mass is 494 g/mol. The van der Waals surface area contributed by atoms with Gasteiger partial charge < -0.3 is 15.4 Å². The Morgan fingerprint density at radius 2 is 1.94 bits per heavy atom. The molecule has 178 valence electrons. The number of fused-ring (bicyclic) bond motifs is 1. The van der Waals surface area contributed by atoms with Crippen LogP contribution in [0.2, 0.25) is 0 Å². The molecule has 7 nitrogen and oxygen atoms in total. The molecule has 10 heteroatoms. The highest BCUT2D eigenvalue weighted by Crippen LogP contribution is 2.40. The van der Waals surface area contributed by atoms with Crippen molar-refractivity contribution in [1.29, 1.82) is 0 Å². The molecule has 1 aromatic heterocycles. The van der Waals surface area contributed by atoms with Crippen LogP contribution in [0.25, 0.3) is 0 Å². The third-order valence-electron chi connectivity index (χ3n) is 6.04. The lowest BCUT2D eigenvalue weighted by Gasteiger charge is -2.19. The van der Waals surface area contributed by atoms with Crippen LogP contribution < -0.4 is 15.4 Å². The molecule has 1 fully saturated rings. The first kappa shape index (κ1) is 23.7. The molecule has 33 heavy (non-hydrogen) atoms. The van der Waals surface area contributed by atoms with E-state index in [1.807, 2.05) is 0 Å². The Morgan fingerprint density at radius 1 is 1.21 bits per heavy atom. The smallest absolute Gasteiger partial charge is 0.265 e. The minimum atomic E-state index is -3.13. The van der Waals surface area contributed by atoms with Crippen LogP contribution in [-0.4, -0.2) is 43.9 Å². The number of hydrogen-bond acceptors (Lipinski definition) is 6. The van der Waals surface area contributed by atoms with Crippen LogP contribution in [0, 0.1) is 11.7 Å². The van der Waals surface area contributed by atoms with Crippen molar-refractivity contribution in [3.63, 3.8) is 0 Å². The van der Waals surface area contributed by atoms with E-state index in [0.717, 1.165) is 29.7 Å². The van der Waals surface area contributed by atoms with E-state index < -0.39 is 33.7 Å². The minimum Gasteiger partial charge on any atom is -0.481 e. The zero-order valence-corrected chi connectivity index (χ0v) is 20.2. The molecule has 3 atom stereocenters. The third-order valence-corrected chi connectivity index (χ3v) is 8.98. The lowest BCUT2D eigenvalue weighted by atomic mass is 9.88. The molecule has 1 aliphatic heterocycles. The average molecular weight is 495 g/mol. The van der Waals surface area contributed by atoms with Crippen molar-refractivity contribution in [3.05, 3.63) is 46.1 Å². The quantitative estimate of drug-likeness (QED) is 0.642. The normalized spacial score (nSPS) is 22.3. The zero-order valence-electron chi connectivity index (χ0n) is 18.5. The molecule has 4 rings (SSSR count). The summed E-state index contributed by atoms with van der Waals surface area (Å²) in [6, 6.07) is 4.96. The Kier molecular flexibility index (Phi) is 6.76. The van der Waals surface area contributed by atoms with Crippen molar-refractivity contribution >= 4 is 38.0 Å². The Balaban J connectivity index is 1.53. The molecule has 2 aliphatic rings. The van der Waals surface area contributed by atoms with Gasteiger partial charge in [0.15, 0.2) is 15.9 Å². The van der Waals surface area contributed by atoms with E-state index in [-0.39, 0.29) is 17.4 Å². The van der Waals surface area contributed by atoms with Gasteiger partial charge in [-0.2, -0.15) is 0 Å². The van der Waals surface area contributed by atoms with E-state index in [4.69, 9.17) is 4.74 Å². The molecule has 0 unspecified atom stereocenters. The van der Waals surface area contributed by atoms with Crippen LogP contribution in [0.15, 0.2) is 24.3 Å². The number of benzene rings is 1. The predicted molar refractivity (Wildman–Crippen MR) is 125 cm³/mol. The number of rotatable bonds is 6. The molecule has 2 N–H and O–H groups in total. The largest absolute Gasteiger partial charge is 0.481 e. The van der Waals surface area contributed by atoms with Crippen LogP contribution in [0.1, 0.15) is 47.5 Å². The van der Waals surface area contributed by atoms with Crippen molar-refractivity contribution in [2.24, 2.45) is 5.92 Å². The second kappa shape index (κ2) is 9.42. The zero-order chi connectivity index (χ0) is 23.8. The van der Waals surface area contributed by atoms with Gasteiger partial charge in [-0.1, -0.05) is 6.92 Å². The van der Waals surface area contributed by atoms with Gasteiger partial charge >= 0.3 is 0 Å². The summed E-state index contributed by atoms with van der Waals surface area (Å²) in [7, 11) is -3.13. The summed E-state index contributed by atoms with van der Waals surface area (Å²) in [5.41, 5.74) is 1.35. The maximum absolute atomic E-state index is 13.2. The van der Waals surface area contributed by atoms with Crippen LogP contribution >= 0.6 is 11.3 Å². The van der Waals surface area contributed by atoms with E-state index in [0.29, 0.717) is 28.7 Å². The Hall–Kier alpha value is -2.46. The second-order valence-corrected chi connectivity index (χ2v) is 12.2. The predicted octanol–water partition coefficient (Wildman–Crippen LogP) is 3.33. The molecule has 1 aliphatic carbocycles. The van der Waals surface area contributed by atoms with E-state index in [9.17, 15) is 22.4 Å². The first-order valence-corrected chi connectivity index (χ1v) is 13.6. The van der Waals surface area contributed by atoms with Gasteiger partial charge in [0.05, 0.1) is 17.1 Å². The van der Waals surface area contributed by atoms with Gasteiger partial charge in [-0.05, 0) is 68.4 Å². The summed E-state index contributed by atoms with van der Waals surface area (Å²) >= 11 is 1.39. The third kappa shape index (κ3) is 5.55. The molecular formula is C23H27FN2O5S2. The molecule has 0 saturated carbocycles. The molecule has 1 saturated heterocycles. The number of carbonyl (C=O) groups is 2. The summed E-state index contributed by atoms with van der Waals surface area (Å²) in [5, 5.41) is 6.15. The van der Waals surface area contributed by atoms with Crippen LogP contribution in [0.3, 0.4) is 0 Å². The number of sulfone groups is 1. The van der Waals surface area contributed by atoms with E-state index in [1.54, 1.807) is 6.92 Å². The summed E-state index contributed by atoms with van der Waals surface area (Å²) in [4.78, 5) is 27.1. The maximum atomic E-state index is 13.2. The number of nitrogens with one attached hydrogen (secondary N) is 2. The van der Waals surface area contributed by atoms with Crippen molar-refractivity contribution in [2.75, 3.05) is 16.8 Å². The lowest BCUT2D eigenvalue weighted by Crippen LogP contribution is -2.37. The number of anilines is 1. The minimum absolute atomic E-state index is 0.0632. The summed E-state index contributed by atoms with van der Waals surface area (Å²) in [6.07, 6.45) is 2.02. The number of amides is 2. The highest BCUT2D eigenvalue weighted by Gasteiger charge is 2.33. The van der Waals surface area contributed by atoms with E-state index >= 15 is 0 Å². The van der Waals surface area contributed by atoms with Crippen LogP contribution in [0.5, 0.6) is 5.75 Å². The van der Waals surface area contributed by atoms with Crippen molar-refractivity contribution in [3.8, 4) is 5.75 Å². The summed E-state index contributed by atoms with van der Waals surface area (Å²) in [5.74, 6) is -0.334. The number of hydrogen-bond donors (Lipinski definition) is 2. The first-order chi connectivity index (χ1) is 15.6. The Labute approximate surface area is 196 Å². The molecule has 2 amide bonds. The van der Waals surface area contributed by atoms with Crippen molar-refractivity contribution in [2.45, 2.75) is 51.7 Å². The number of ether oxygens (including phenoxy) is 1. The SMILES string of the molecule is C[C@@H]1CCc2c(sc(NC(=O)[C@H](C)Oc3ccc(F)cc3)c2C(=O)N[C@@H]2CCS(=O)(=O)C2)C1. The molecular weight excluding hydrogens is 467 g/mol. The fourth-order valence-corrected chi connectivity index (χ4v) is 7.31. The number of halogens is 1. The summed E-state index contributed by atoms with van der Waals surface area (Å²) < 4.78 is 42.3. The number of thiophene rings is 1. The van der Waals surface area contributed by atoms with Crippen LogP contribution in [0.4, 0.5) is 9.39 Å². The average Bonchev–Trinajstić information content (AvgIpc) is 3.27. The lowest BCUT2D eigenvalue weighted by molar-refractivity contribution is -0.122. The van der Waals surface area contributed by atoms with Gasteiger partial charge in [-0.25, -0.2) is 12.8 Å². The molecule has 0 spiro atoms. The standard InChI is InChI=1S/C23H27FN2O5S2/c1-13-3-8-18-19(11-13)32-23(20(18)22(28)25-16-9-10-33(29,30)12-16)26-21(27)14(2)31-17-6-4-15(24)5-7-17/h4-7,13-14,16H,3,8-12H2,1-2H3,(H,25,28)(H,26,27)/t13-,14+,16-/m1/s1. The molecule has 2 heterocycles. The summed E-state index contributed by atoms with van der Waals surface area (Å²) in [6.45, 7) is 3.74. The topological polar surface area (TPSA) is 102 Å². The maximum Gasteiger partial charge on any atom is 0.265 e. The van der Waals surface area contributed by atoms with E-state index in [1.165, 1.54) is 35.6 Å². The highest BCUT2D eigenvalue weighted by molar-refractivity contribution is 7.91. The van der Waals surface area contributed by atoms with Crippen LogP contribution in [-0.2, 0) is 27.5 Å². The van der Waals surface area contributed by atoms with Gasteiger partial charge in [-0.3, -0.25) is 9.59 Å². The van der Waals surface area contributed by atoms with Gasteiger partial charge in [-0.15, -0.1) is 11.3 Å². The molecule has 1 aromatic carbocycles. The van der Waals surface area contributed by atoms with Gasteiger partial charge in [0.1, 0.15) is 16.6 Å². The van der Waals surface area contributed by atoms with Gasteiger partial charge in [0.25, 0.3) is 11.8 Å². The number of carbonyl (C=O) groups excluding carboxylic acids is 2. The highest BCUT2D eigenvalue weighted by atomic mass is 32.2. The fourth-order valence-electron chi connectivity index (χ4n) is 4.23. The van der Waals surface area contributed by atoms with Crippen molar-refractivity contribution in [1.82, 2.24) is 5.32 Å². The van der Waals surface area contributed by atoms with Gasteiger partial charge in [0, 0.05) is 10.9 Å². The molecule has 2 aromatic rings. The van der Waals surface area contributed by atoms with Gasteiger partial charge in [0.2, 0.25) is 0 Å². The fraction of sp³-hybridized carbons (Fsp3) is 0.478. The molecule has 0 radical (unpaired) electrons. The first-order valence-electron chi connectivity index (χ1n) is 11.0. The second-order valence-electron chi connectivity index (χ2n) is 8.83. The van der Waals surface area contributed by atoms with E-state index in [2.05, 4.69) is 17.6 Å².